The van der Waals surface area contributed by atoms with E-state index in [1.165, 1.54) is 117 Å². The van der Waals surface area contributed by atoms with E-state index in [9.17, 15) is 14.4 Å². The van der Waals surface area contributed by atoms with Crippen molar-refractivity contribution in [3.63, 3.8) is 0 Å². The number of carbonyl (C=O) groups excluding carboxylic acids is 3. The Labute approximate surface area is 326 Å². The third-order valence-corrected chi connectivity index (χ3v) is 11.7. The smallest absolute Gasteiger partial charge is 0.306 e. The molecular formula is C44H84N4O5. The molecule has 0 atom stereocenters. The van der Waals surface area contributed by atoms with E-state index in [1.807, 2.05) is 41.5 Å². The van der Waals surface area contributed by atoms with Crippen LogP contribution in [0.1, 0.15) is 159 Å². The average Bonchev–Trinajstić information content (AvgIpc) is 3.10. The first kappa shape index (κ1) is 47.6. The van der Waals surface area contributed by atoms with Gasteiger partial charge in [0.15, 0.2) is 0 Å². The minimum Gasteiger partial charge on any atom is -0.460 e. The molecule has 0 aromatic carbocycles. The van der Waals surface area contributed by atoms with Crippen LogP contribution in [0.5, 0.6) is 0 Å². The van der Waals surface area contributed by atoms with Gasteiger partial charge in [-0.15, -0.1) is 0 Å². The van der Waals surface area contributed by atoms with Gasteiger partial charge in [-0.1, -0.05) is 27.7 Å². The first-order chi connectivity index (χ1) is 25.0. The van der Waals surface area contributed by atoms with Crippen LogP contribution in [0.25, 0.3) is 0 Å². The Morgan fingerprint density at radius 3 is 1.40 bits per heavy atom. The number of carbonyl (C=O) groups is 3. The first-order valence-electron chi connectivity index (χ1n) is 21.9. The first-order valence-corrected chi connectivity index (χ1v) is 21.9. The second kappa shape index (κ2) is 24.9. The van der Waals surface area contributed by atoms with E-state index in [4.69, 9.17) is 9.47 Å². The van der Waals surface area contributed by atoms with E-state index >= 15 is 0 Å². The van der Waals surface area contributed by atoms with Gasteiger partial charge in [-0.05, 0) is 182 Å². The van der Waals surface area contributed by atoms with Crippen LogP contribution in [0, 0.1) is 23.7 Å². The third kappa shape index (κ3) is 21.4. The monoisotopic (exact) mass is 749 g/mol. The van der Waals surface area contributed by atoms with Gasteiger partial charge in [-0.25, -0.2) is 0 Å². The van der Waals surface area contributed by atoms with Crippen LogP contribution in [0.2, 0.25) is 0 Å². The van der Waals surface area contributed by atoms with Crippen molar-refractivity contribution in [2.45, 2.75) is 176 Å². The number of likely N-dealkylation sites (tertiary alicyclic amines) is 1. The van der Waals surface area contributed by atoms with E-state index in [0.29, 0.717) is 43.3 Å². The highest BCUT2D eigenvalue weighted by molar-refractivity contribution is 5.79. The lowest BCUT2D eigenvalue weighted by molar-refractivity contribution is -0.157. The number of Topliss-reactive ketones (excluding diaryl/α,β-unsaturated/α-hetero) is 1. The molecule has 2 aliphatic carbocycles. The van der Waals surface area contributed by atoms with Crippen LogP contribution in [-0.2, 0) is 23.9 Å². The molecule has 9 heteroatoms. The number of hydrogen-bond acceptors (Lipinski definition) is 9. The number of esters is 2. The molecule has 0 aromatic rings. The Morgan fingerprint density at radius 2 is 1.00 bits per heavy atom. The minimum atomic E-state index is -0.401. The van der Waals surface area contributed by atoms with E-state index < -0.39 is 5.60 Å². The molecule has 0 amide bonds. The molecule has 0 radical (unpaired) electrons. The molecule has 2 saturated carbocycles. The van der Waals surface area contributed by atoms with Crippen molar-refractivity contribution >= 4 is 17.7 Å². The third-order valence-electron chi connectivity index (χ3n) is 11.7. The van der Waals surface area contributed by atoms with E-state index in [1.54, 1.807) is 0 Å². The van der Waals surface area contributed by atoms with Crippen molar-refractivity contribution in [3.8, 4) is 0 Å². The number of nitrogens with one attached hydrogen (secondary N) is 1. The Bertz CT molecular complexity index is 1000. The summed E-state index contributed by atoms with van der Waals surface area (Å²) < 4.78 is 10.7. The Hall–Kier alpha value is -1.55. The maximum absolute atomic E-state index is 12.0. The molecule has 2 saturated heterocycles. The standard InChI is InChI=1S/C22H42N2O2.C12H20O3.C10H22N2/c1-6-23(7-2)17-19-12-14-24(15-13-19)20-10-8-18(9-11-20)16-21(25)26-22(3,4)5;1-12(2,3)15-11(14)8-9-4-6-10(13)7-5-9;1-3-12(4-2)9-10-5-7-11-8-6-10/h18-20H,6-17H2,1-5H3;9H,4-8H2,1-3H3;10-11H,3-9H2,1-2H3. The number of hydrogen-bond donors (Lipinski definition) is 1. The van der Waals surface area contributed by atoms with Crippen LogP contribution in [0.3, 0.4) is 0 Å². The summed E-state index contributed by atoms with van der Waals surface area (Å²) in [5.74, 6) is 2.88. The van der Waals surface area contributed by atoms with Crippen molar-refractivity contribution in [1.82, 2.24) is 20.0 Å². The highest BCUT2D eigenvalue weighted by atomic mass is 16.6. The van der Waals surface area contributed by atoms with Crippen molar-refractivity contribution in [2.75, 3.05) is 65.4 Å². The Morgan fingerprint density at radius 1 is 0.604 bits per heavy atom. The summed E-state index contributed by atoms with van der Waals surface area (Å²) in [7, 11) is 0. The van der Waals surface area contributed by atoms with Crippen LogP contribution >= 0.6 is 0 Å². The molecule has 4 rings (SSSR count). The maximum Gasteiger partial charge on any atom is 0.306 e. The number of ether oxygens (including phenoxy) is 2. The number of nitrogens with zero attached hydrogens (tertiary/aromatic N) is 3. The fourth-order valence-corrected chi connectivity index (χ4v) is 8.41. The fourth-order valence-electron chi connectivity index (χ4n) is 8.41. The summed E-state index contributed by atoms with van der Waals surface area (Å²) in [6.45, 7) is 32.9. The normalized spacial score (nSPS) is 22.8. The quantitative estimate of drug-likeness (QED) is 0.188. The van der Waals surface area contributed by atoms with Gasteiger partial charge in [-0.2, -0.15) is 0 Å². The van der Waals surface area contributed by atoms with E-state index in [2.05, 4.69) is 47.7 Å². The van der Waals surface area contributed by atoms with Crippen LogP contribution < -0.4 is 5.32 Å². The molecule has 2 heterocycles. The number of ketones is 1. The average molecular weight is 749 g/mol. The molecule has 2 aliphatic heterocycles. The van der Waals surface area contributed by atoms with E-state index in [0.717, 1.165) is 30.7 Å². The molecule has 0 spiro atoms. The van der Waals surface area contributed by atoms with Crippen LogP contribution in [0.15, 0.2) is 0 Å². The molecule has 4 fully saturated rings. The summed E-state index contributed by atoms with van der Waals surface area (Å²) in [5.41, 5.74) is -0.759. The summed E-state index contributed by atoms with van der Waals surface area (Å²) >= 11 is 0. The lowest BCUT2D eigenvalue weighted by atomic mass is 9.82. The zero-order chi connectivity index (χ0) is 39.4. The van der Waals surface area contributed by atoms with Crippen molar-refractivity contribution < 1.29 is 23.9 Å². The van der Waals surface area contributed by atoms with Gasteiger partial charge in [0.2, 0.25) is 0 Å². The maximum atomic E-state index is 12.0. The van der Waals surface area contributed by atoms with Gasteiger partial charge in [0, 0.05) is 44.8 Å². The van der Waals surface area contributed by atoms with Gasteiger partial charge in [0.25, 0.3) is 0 Å². The fraction of sp³-hybridized carbons (Fsp3) is 0.932. The Kier molecular flexibility index (Phi) is 22.3. The summed E-state index contributed by atoms with van der Waals surface area (Å²) in [6.07, 6.45) is 14.4. The van der Waals surface area contributed by atoms with Gasteiger partial charge in [0.05, 0.1) is 0 Å². The Balaban J connectivity index is 0.000000304. The lowest BCUT2D eigenvalue weighted by Crippen LogP contribution is -2.45. The van der Waals surface area contributed by atoms with Gasteiger partial charge >= 0.3 is 11.9 Å². The highest BCUT2D eigenvalue weighted by Gasteiger charge is 2.31. The predicted molar refractivity (Wildman–Crippen MR) is 219 cm³/mol. The van der Waals surface area contributed by atoms with Crippen molar-refractivity contribution in [3.05, 3.63) is 0 Å². The second-order valence-corrected chi connectivity index (χ2v) is 18.4. The molecule has 0 aromatic heterocycles. The largest absolute Gasteiger partial charge is 0.460 e. The molecule has 4 aliphatic rings. The van der Waals surface area contributed by atoms with Crippen molar-refractivity contribution in [2.24, 2.45) is 23.7 Å². The molecular weight excluding hydrogens is 665 g/mol. The van der Waals surface area contributed by atoms with Crippen molar-refractivity contribution in [1.29, 1.82) is 0 Å². The van der Waals surface area contributed by atoms with Gasteiger partial charge in [-0.3, -0.25) is 14.4 Å². The molecule has 1 N–H and O–H groups in total. The second-order valence-electron chi connectivity index (χ2n) is 18.4. The minimum absolute atomic E-state index is 0.0156. The number of rotatable bonds is 13. The molecule has 0 unspecified atom stereocenters. The zero-order valence-electron chi connectivity index (χ0n) is 36.2. The molecule has 0 bridgehead atoms. The SMILES string of the molecule is CC(C)(C)OC(=O)CC1CCC(=O)CC1.CCN(CC)CC1CCN(C2CCC(CC(=O)OC(C)(C)C)CC2)CC1.CCN(CC)CC1CCNCC1. The lowest BCUT2D eigenvalue weighted by Gasteiger charge is -2.41. The summed E-state index contributed by atoms with van der Waals surface area (Å²) in [5, 5.41) is 3.41. The highest BCUT2D eigenvalue weighted by Crippen LogP contribution is 2.33. The van der Waals surface area contributed by atoms with Crippen LogP contribution in [-0.4, -0.2) is 115 Å². The number of piperidine rings is 2. The molecule has 53 heavy (non-hydrogen) atoms. The van der Waals surface area contributed by atoms with Crippen LogP contribution in [0.4, 0.5) is 0 Å². The summed E-state index contributed by atoms with van der Waals surface area (Å²) in [4.78, 5) is 42.4. The molecule has 310 valence electrons. The summed E-state index contributed by atoms with van der Waals surface area (Å²) in [6, 6.07) is 0.749. The van der Waals surface area contributed by atoms with Gasteiger partial charge < -0.3 is 29.5 Å². The zero-order valence-corrected chi connectivity index (χ0v) is 36.2. The van der Waals surface area contributed by atoms with Gasteiger partial charge in [0.1, 0.15) is 17.0 Å². The molecule has 9 nitrogen and oxygen atoms in total. The van der Waals surface area contributed by atoms with E-state index in [-0.39, 0.29) is 17.5 Å². The topological polar surface area (TPSA) is 91.4 Å². The predicted octanol–water partition coefficient (Wildman–Crippen LogP) is 8.14.